The predicted molar refractivity (Wildman–Crippen MR) is 97.3 cm³/mol. The van der Waals surface area contributed by atoms with Gasteiger partial charge in [-0.3, -0.25) is 9.59 Å². The van der Waals surface area contributed by atoms with Gasteiger partial charge >= 0.3 is 5.97 Å². The van der Waals surface area contributed by atoms with E-state index in [0.717, 1.165) is 5.56 Å². The highest BCUT2D eigenvalue weighted by Gasteiger charge is 2.41. The molecular weight excluding hydrogens is 354 g/mol. The van der Waals surface area contributed by atoms with Gasteiger partial charge in [0.05, 0.1) is 17.1 Å². The molecule has 1 saturated heterocycles. The summed E-state index contributed by atoms with van der Waals surface area (Å²) >= 11 is 6.14. The first-order valence-electron chi connectivity index (χ1n) is 8.48. The summed E-state index contributed by atoms with van der Waals surface area (Å²) in [5.41, 5.74) is 1.04. The van der Waals surface area contributed by atoms with E-state index in [4.69, 9.17) is 11.6 Å². The van der Waals surface area contributed by atoms with E-state index >= 15 is 0 Å². The van der Waals surface area contributed by atoms with E-state index in [0.29, 0.717) is 12.4 Å². The van der Waals surface area contributed by atoms with Gasteiger partial charge in [0.1, 0.15) is 5.82 Å². The number of halogens is 1. The van der Waals surface area contributed by atoms with E-state index in [1.165, 1.54) is 11.1 Å². The van der Waals surface area contributed by atoms with E-state index in [1.54, 1.807) is 0 Å². The van der Waals surface area contributed by atoms with Gasteiger partial charge in [-0.15, -0.1) is 0 Å². The number of carbonyl (C=O) groups excluding carboxylic acids is 1. The van der Waals surface area contributed by atoms with Crippen molar-refractivity contribution in [3.63, 3.8) is 0 Å². The smallest absolute Gasteiger partial charge is 0.308 e. The molecule has 0 aliphatic carbocycles. The second kappa shape index (κ2) is 7.41. The van der Waals surface area contributed by atoms with Crippen LogP contribution in [0.3, 0.4) is 0 Å². The summed E-state index contributed by atoms with van der Waals surface area (Å²) < 4.78 is 0. The molecule has 0 spiro atoms. The molecule has 1 amide bonds. The molecule has 2 atom stereocenters. The number of hydrogen-bond acceptors (Lipinski definition) is 4. The van der Waals surface area contributed by atoms with Gasteiger partial charge in [-0.05, 0) is 5.56 Å². The van der Waals surface area contributed by atoms with E-state index in [9.17, 15) is 14.7 Å². The zero-order valence-corrected chi connectivity index (χ0v) is 15.3. The summed E-state index contributed by atoms with van der Waals surface area (Å²) in [6.45, 7) is 4.31. The van der Waals surface area contributed by atoms with Gasteiger partial charge in [0.2, 0.25) is 0 Å². The van der Waals surface area contributed by atoms with Crippen molar-refractivity contribution in [2.45, 2.75) is 25.7 Å². The van der Waals surface area contributed by atoms with Crippen molar-refractivity contribution in [3.8, 4) is 0 Å². The number of carboxylic acids is 1. The number of rotatable bonds is 4. The van der Waals surface area contributed by atoms with E-state index in [2.05, 4.69) is 9.97 Å². The average Bonchev–Trinajstić information content (AvgIpc) is 3.08. The van der Waals surface area contributed by atoms with Gasteiger partial charge in [0.15, 0.2) is 5.69 Å². The van der Waals surface area contributed by atoms with E-state index in [-0.39, 0.29) is 35.0 Å². The number of likely N-dealkylation sites (tertiary alicyclic amines) is 1. The molecule has 136 valence electrons. The molecule has 0 saturated carbocycles. The Balaban J connectivity index is 1.89. The molecule has 2 aromatic rings. The van der Waals surface area contributed by atoms with Crippen molar-refractivity contribution >= 4 is 23.5 Å². The van der Waals surface area contributed by atoms with Crippen LogP contribution in [0.15, 0.2) is 36.5 Å². The van der Waals surface area contributed by atoms with Crippen LogP contribution in [0.5, 0.6) is 0 Å². The zero-order valence-electron chi connectivity index (χ0n) is 14.6. The Hall–Kier alpha value is -2.47. The Bertz CT molecular complexity index is 826. The molecule has 1 aliphatic heterocycles. The maximum atomic E-state index is 12.9. The van der Waals surface area contributed by atoms with Crippen LogP contribution in [0.2, 0.25) is 5.02 Å². The second-order valence-corrected chi connectivity index (χ2v) is 7.16. The Morgan fingerprint density at radius 1 is 1.23 bits per heavy atom. The molecule has 6 nitrogen and oxygen atoms in total. The van der Waals surface area contributed by atoms with Crippen LogP contribution in [0.1, 0.15) is 47.6 Å². The fourth-order valence-corrected chi connectivity index (χ4v) is 3.39. The number of aromatic nitrogens is 2. The maximum absolute atomic E-state index is 12.9. The Morgan fingerprint density at radius 2 is 1.92 bits per heavy atom. The summed E-state index contributed by atoms with van der Waals surface area (Å²) in [5.74, 6) is -1.60. The fourth-order valence-electron chi connectivity index (χ4n) is 3.22. The molecule has 0 radical (unpaired) electrons. The van der Waals surface area contributed by atoms with Crippen LogP contribution in [0.25, 0.3) is 0 Å². The van der Waals surface area contributed by atoms with Crippen LogP contribution in [0, 0.1) is 5.92 Å². The molecule has 1 aromatic carbocycles. The van der Waals surface area contributed by atoms with Crippen LogP contribution >= 0.6 is 11.6 Å². The number of aliphatic carboxylic acids is 1. The minimum absolute atomic E-state index is 0.0567. The van der Waals surface area contributed by atoms with Gasteiger partial charge < -0.3 is 10.0 Å². The lowest BCUT2D eigenvalue weighted by atomic mass is 9.89. The highest BCUT2D eigenvalue weighted by molar-refractivity contribution is 6.33. The number of benzene rings is 1. The van der Waals surface area contributed by atoms with Gasteiger partial charge in [0, 0.05) is 24.9 Å². The highest BCUT2D eigenvalue weighted by atomic mass is 35.5. The van der Waals surface area contributed by atoms with Gasteiger partial charge in [-0.25, -0.2) is 9.97 Å². The number of nitrogens with zero attached hydrogens (tertiary/aromatic N) is 3. The lowest BCUT2D eigenvalue weighted by Gasteiger charge is -2.17. The molecule has 2 unspecified atom stereocenters. The van der Waals surface area contributed by atoms with Crippen molar-refractivity contribution in [2.24, 2.45) is 5.92 Å². The normalized spacial score (nSPS) is 19.8. The first-order valence-corrected chi connectivity index (χ1v) is 8.85. The molecule has 1 aliphatic rings. The monoisotopic (exact) mass is 373 g/mol. The van der Waals surface area contributed by atoms with Gasteiger partial charge in [-0.1, -0.05) is 55.8 Å². The lowest BCUT2D eigenvalue weighted by Crippen LogP contribution is -2.31. The SMILES string of the molecule is CC(C)c1ncc(Cl)c(C(=O)N2CC(C(=O)O)C(c3ccccc3)C2)n1. The average molecular weight is 374 g/mol. The van der Waals surface area contributed by atoms with Crippen molar-refractivity contribution in [3.05, 3.63) is 58.6 Å². The fraction of sp³-hybridized carbons (Fsp3) is 0.368. The molecule has 0 bridgehead atoms. The first-order chi connectivity index (χ1) is 12.4. The second-order valence-electron chi connectivity index (χ2n) is 6.75. The summed E-state index contributed by atoms with van der Waals surface area (Å²) in [7, 11) is 0. The van der Waals surface area contributed by atoms with Gasteiger partial charge in [0.25, 0.3) is 5.91 Å². The Kier molecular flexibility index (Phi) is 5.23. The summed E-state index contributed by atoms with van der Waals surface area (Å²) in [4.78, 5) is 34.6. The minimum Gasteiger partial charge on any atom is -0.481 e. The van der Waals surface area contributed by atoms with Crippen molar-refractivity contribution in [1.82, 2.24) is 14.9 Å². The standard InChI is InChI=1S/C19H20ClN3O3/c1-11(2)17-21-8-15(20)16(22-17)18(24)23-9-13(14(10-23)19(25)26)12-6-4-3-5-7-12/h3-8,11,13-14H,9-10H2,1-2H3,(H,25,26). The molecule has 1 fully saturated rings. The molecular formula is C19H20ClN3O3. The van der Waals surface area contributed by atoms with Crippen molar-refractivity contribution < 1.29 is 14.7 Å². The first kappa shape index (κ1) is 18.3. The van der Waals surface area contributed by atoms with Crippen LogP contribution < -0.4 is 0 Å². The van der Waals surface area contributed by atoms with Crippen LogP contribution in [-0.2, 0) is 4.79 Å². The van der Waals surface area contributed by atoms with Crippen molar-refractivity contribution in [1.29, 1.82) is 0 Å². The number of carbonyl (C=O) groups is 2. The molecule has 26 heavy (non-hydrogen) atoms. The largest absolute Gasteiger partial charge is 0.481 e. The minimum atomic E-state index is -0.911. The van der Waals surface area contributed by atoms with Crippen LogP contribution in [-0.4, -0.2) is 44.9 Å². The van der Waals surface area contributed by atoms with Crippen molar-refractivity contribution in [2.75, 3.05) is 13.1 Å². The summed E-state index contributed by atoms with van der Waals surface area (Å²) in [6.07, 6.45) is 1.43. The molecule has 1 aromatic heterocycles. The third-order valence-electron chi connectivity index (χ3n) is 4.63. The number of hydrogen-bond donors (Lipinski definition) is 1. The molecule has 7 heteroatoms. The Labute approximate surface area is 156 Å². The van der Waals surface area contributed by atoms with E-state index < -0.39 is 11.9 Å². The van der Waals surface area contributed by atoms with Crippen LogP contribution in [0.4, 0.5) is 0 Å². The van der Waals surface area contributed by atoms with E-state index in [1.807, 2.05) is 44.2 Å². The maximum Gasteiger partial charge on any atom is 0.308 e. The number of amides is 1. The number of carboxylic acid groups (broad SMARTS) is 1. The molecule has 2 heterocycles. The highest BCUT2D eigenvalue weighted by Crippen LogP contribution is 2.34. The lowest BCUT2D eigenvalue weighted by molar-refractivity contribution is -0.141. The Morgan fingerprint density at radius 3 is 2.54 bits per heavy atom. The summed E-state index contributed by atoms with van der Waals surface area (Å²) in [6, 6.07) is 9.40. The topological polar surface area (TPSA) is 83.4 Å². The molecule has 1 N–H and O–H groups in total. The predicted octanol–water partition coefficient (Wildman–Crippen LogP) is 3.19. The quantitative estimate of drug-likeness (QED) is 0.889. The van der Waals surface area contributed by atoms with Gasteiger partial charge in [-0.2, -0.15) is 0 Å². The molecule has 3 rings (SSSR count). The summed E-state index contributed by atoms with van der Waals surface area (Å²) in [5, 5.41) is 9.77. The third-order valence-corrected chi connectivity index (χ3v) is 4.91. The zero-order chi connectivity index (χ0) is 18.8. The third kappa shape index (κ3) is 3.55.